The van der Waals surface area contributed by atoms with Crippen LogP contribution in [0.3, 0.4) is 0 Å². The van der Waals surface area contributed by atoms with Gasteiger partial charge in [0, 0.05) is 23.5 Å². The molecule has 0 aliphatic carbocycles. The first-order valence-electron chi connectivity index (χ1n) is 4.21. The van der Waals surface area contributed by atoms with E-state index in [0.717, 1.165) is 0 Å². The van der Waals surface area contributed by atoms with Crippen molar-refractivity contribution in [2.75, 3.05) is 5.32 Å². The molecule has 0 saturated heterocycles. The van der Waals surface area contributed by atoms with Crippen molar-refractivity contribution in [3.8, 4) is 5.75 Å². The largest absolute Gasteiger partial charge is 0.506 e. The van der Waals surface area contributed by atoms with E-state index >= 15 is 0 Å². The summed E-state index contributed by atoms with van der Waals surface area (Å²) in [7, 11) is 0. The Labute approximate surface area is 95.2 Å². The highest BCUT2D eigenvalue weighted by molar-refractivity contribution is 9.10. The second-order valence-corrected chi connectivity index (χ2v) is 3.79. The molecule has 82 valence electrons. The number of benzene rings is 1. The van der Waals surface area contributed by atoms with Gasteiger partial charge in [-0.1, -0.05) is 15.9 Å². The third-order valence-electron chi connectivity index (χ3n) is 1.79. The van der Waals surface area contributed by atoms with E-state index in [0.29, 0.717) is 15.7 Å². The van der Waals surface area contributed by atoms with Crippen LogP contribution in [0.15, 0.2) is 16.6 Å². The quantitative estimate of drug-likeness (QED) is 0.499. The maximum atomic E-state index is 10.9. The lowest BCUT2D eigenvalue weighted by atomic mass is 10.1. The van der Waals surface area contributed by atoms with Gasteiger partial charge in [-0.3, -0.25) is 4.79 Å². The Morgan fingerprint density at radius 1 is 1.53 bits per heavy atom. The van der Waals surface area contributed by atoms with E-state index in [2.05, 4.69) is 21.2 Å². The zero-order valence-corrected chi connectivity index (χ0v) is 9.63. The van der Waals surface area contributed by atoms with E-state index in [9.17, 15) is 9.90 Å². The summed E-state index contributed by atoms with van der Waals surface area (Å²) in [6, 6.07) is 3.09. The van der Waals surface area contributed by atoms with Crippen molar-refractivity contribution in [1.82, 2.24) is 5.48 Å². The molecule has 0 radical (unpaired) electrons. The molecule has 0 spiro atoms. The number of hydrogen-bond donors (Lipinski definition) is 4. The number of hydroxylamine groups is 1. The molecule has 4 N–H and O–H groups in total. The van der Waals surface area contributed by atoms with Gasteiger partial charge >= 0.3 is 0 Å². The minimum absolute atomic E-state index is 0.0429. The Morgan fingerprint density at radius 3 is 2.73 bits per heavy atom. The minimum atomic E-state index is -0.289. The molecule has 0 bridgehead atoms. The van der Waals surface area contributed by atoms with Crippen LogP contribution in [0.25, 0.3) is 0 Å². The maximum absolute atomic E-state index is 10.9. The first-order valence-corrected chi connectivity index (χ1v) is 5.00. The van der Waals surface area contributed by atoms with Crippen LogP contribution >= 0.6 is 15.9 Å². The number of rotatable bonds is 3. The van der Waals surface area contributed by atoms with Crippen molar-refractivity contribution >= 4 is 27.5 Å². The fourth-order valence-corrected chi connectivity index (χ4v) is 1.65. The van der Waals surface area contributed by atoms with Crippen LogP contribution in [-0.2, 0) is 11.3 Å². The van der Waals surface area contributed by atoms with E-state index in [1.54, 1.807) is 6.07 Å². The summed E-state index contributed by atoms with van der Waals surface area (Å²) in [6.45, 7) is 1.46. The number of carbonyl (C=O) groups is 1. The van der Waals surface area contributed by atoms with Crippen molar-refractivity contribution in [2.24, 2.45) is 0 Å². The van der Waals surface area contributed by atoms with E-state index < -0.39 is 0 Å². The number of nitrogens with one attached hydrogen (secondary N) is 2. The summed E-state index contributed by atoms with van der Waals surface area (Å²) in [5, 5.41) is 20.7. The maximum Gasteiger partial charge on any atom is 0.221 e. The molecule has 0 fully saturated rings. The van der Waals surface area contributed by atoms with Crippen molar-refractivity contribution in [3.05, 3.63) is 22.2 Å². The van der Waals surface area contributed by atoms with Gasteiger partial charge in [0.15, 0.2) is 0 Å². The Kier molecular flexibility index (Phi) is 4.07. The van der Waals surface area contributed by atoms with Crippen molar-refractivity contribution in [1.29, 1.82) is 0 Å². The lowest BCUT2D eigenvalue weighted by molar-refractivity contribution is -0.114. The zero-order chi connectivity index (χ0) is 11.4. The van der Waals surface area contributed by atoms with Gasteiger partial charge in [0.25, 0.3) is 0 Å². The Hall–Kier alpha value is -1.11. The van der Waals surface area contributed by atoms with E-state index in [4.69, 9.17) is 5.21 Å². The molecule has 15 heavy (non-hydrogen) atoms. The van der Waals surface area contributed by atoms with E-state index in [-0.39, 0.29) is 18.2 Å². The second-order valence-electron chi connectivity index (χ2n) is 2.94. The fraction of sp³-hybridized carbons (Fsp3) is 0.222. The third kappa shape index (κ3) is 2.92. The molecule has 6 heteroatoms. The molecular formula is C9H11BrN2O3. The summed E-state index contributed by atoms with van der Waals surface area (Å²) in [4.78, 5) is 10.9. The van der Waals surface area contributed by atoms with Crippen LogP contribution < -0.4 is 10.8 Å². The van der Waals surface area contributed by atoms with Crippen LogP contribution in [0.4, 0.5) is 5.69 Å². The summed E-state index contributed by atoms with van der Waals surface area (Å²) in [6.07, 6.45) is 0. The number of aromatic hydroxyl groups is 1. The van der Waals surface area contributed by atoms with Crippen molar-refractivity contribution in [2.45, 2.75) is 13.5 Å². The predicted octanol–water partition coefficient (Wildman–Crippen LogP) is 1.59. The van der Waals surface area contributed by atoms with Crippen LogP contribution in [-0.4, -0.2) is 16.2 Å². The molecule has 0 atom stereocenters. The Balaban J connectivity index is 3.18. The molecule has 5 nitrogen and oxygen atoms in total. The highest BCUT2D eigenvalue weighted by Gasteiger charge is 2.12. The highest BCUT2D eigenvalue weighted by atomic mass is 79.9. The lowest BCUT2D eigenvalue weighted by Crippen LogP contribution is -2.13. The number of amides is 1. The van der Waals surface area contributed by atoms with Crippen LogP contribution in [0, 0.1) is 0 Å². The molecule has 0 aliphatic rings. The Bertz CT molecular complexity index is 382. The summed E-state index contributed by atoms with van der Waals surface area (Å²) >= 11 is 3.26. The standard InChI is InChI=1S/C9H11BrN2O3/c1-5(13)12-9-6(4-11-15)7(10)2-3-8(9)14/h2-3,11,14-15H,4H2,1H3,(H,12,13). The third-order valence-corrected chi connectivity index (χ3v) is 2.53. The topological polar surface area (TPSA) is 81.6 Å². The Morgan fingerprint density at radius 2 is 2.20 bits per heavy atom. The smallest absolute Gasteiger partial charge is 0.221 e. The van der Waals surface area contributed by atoms with Gasteiger partial charge in [0.2, 0.25) is 5.91 Å². The van der Waals surface area contributed by atoms with Gasteiger partial charge in [-0.25, -0.2) is 5.48 Å². The van der Waals surface area contributed by atoms with E-state index in [1.165, 1.54) is 13.0 Å². The monoisotopic (exact) mass is 274 g/mol. The van der Waals surface area contributed by atoms with Crippen molar-refractivity contribution < 1.29 is 15.1 Å². The number of phenolic OH excluding ortho intramolecular Hbond substituents is 1. The number of phenols is 1. The minimum Gasteiger partial charge on any atom is -0.506 e. The molecule has 0 aliphatic heterocycles. The molecule has 0 unspecified atom stereocenters. The first-order chi connectivity index (χ1) is 7.06. The van der Waals surface area contributed by atoms with Gasteiger partial charge in [-0.15, -0.1) is 0 Å². The van der Waals surface area contributed by atoms with Gasteiger partial charge < -0.3 is 15.6 Å². The molecule has 1 aromatic carbocycles. The fourth-order valence-electron chi connectivity index (χ4n) is 1.18. The zero-order valence-electron chi connectivity index (χ0n) is 8.04. The molecule has 1 rings (SSSR count). The van der Waals surface area contributed by atoms with Crippen LogP contribution in [0.2, 0.25) is 0 Å². The number of anilines is 1. The van der Waals surface area contributed by atoms with Gasteiger partial charge in [0.1, 0.15) is 5.75 Å². The van der Waals surface area contributed by atoms with Crippen LogP contribution in [0.5, 0.6) is 5.75 Å². The molecule has 1 amide bonds. The molecule has 0 saturated carbocycles. The summed E-state index contributed by atoms with van der Waals surface area (Å²) in [5.74, 6) is -0.332. The molecule has 0 aromatic heterocycles. The highest BCUT2D eigenvalue weighted by Crippen LogP contribution is 2.33. The SMILES string of the molecule is CC(=O)Nc1c(O)ccc(Br)c1CNO. The normalized spacial score (nSPS) is 10.1. The predicted molar refractivity (Wildman–Crippen MR) is 58.7 cm³/mol. The van der Waals surface area contributed by atoms with Crippen molar-refractivity contribution in [3.63, 3.8) is 0 Å². The van der Waals surface area contributed by atoms with Gasteiger partial charge in [-0.2, -0.15) is 0 Å². The average molecular weight is 275 g/mol. The molecule has 1 aromatic rings. The number of halogens is 1. The molecule has 0 heterocycles. The average Bonchev–Trinajstić information content (AvgIpc) is 2.17. The first kappa shape index (κ1) is 12.0. The number of hydrogen-bond acceptors (Lipinski definition) is 4. The lowest BCUT2D eigenvalue weighted by Gasteiger charge is -2.12. The van der Waals surface area contributed by atoms with Crippen LogP contribution in [0.1, 0.15) is 12.5 Å². The van der Waals surface area contributed by atoms with E-state index in [1.807, 2.05) is 5.48 Å². The number of carbonyl (C=O) groups excluding carboxylic acids is 1. The van der Waals surface area contributed by atoms with Gasteiger partial charge in [0.05, 0.1) is 5.69 Å². The summed E-state index contributed by atoms with van der Waals surface area (Å²) in [5.41, 5.74) is 2.84. The molecular weight excluding hydrogens is 264 g/mol. The van der Waals surface area contributed by atoms with Gasteiger partial charge in [-0.05, 0) is 12.1 Å². The summed E-state index contributed by atoms with van der Waals surface area (Å²) < 4.78 is 0.686. The second kappa shape index (κ2) is 5.11.